The van der Waals surface area contributed by atoms with Crippen LogP contribution in [0.15, 0.2) is 11.5 Å². The van der Waals surface area contributed by atoms with Crippen LogP contribution in [0, 0.1) is 0 Å². The fourth-order valence-corrected chi connectivity index (χ4v) is 1.51. The lowest BCUT2D eigenvalue weighted by Gasteiger charge is -2.17. The number of carbonyl (C=O) groups is 1. The van der Waals surface area contributed by atoms with E-state index >= 15 is 0 Å². The lowest BCUT2D eigenvalue weighted by molar-refractivity contribution is -0.126. The van der Waals surface area contributed by atoms with Gasteiger partial charge in [0, 0.05) is 13.5 Å². The first-order valence-corrected chi connectivity index (χ1v) is 4.18. The molecule has 0 N–H and O–H groups in total. The molecule has 0 aromatic carbocycles. The molecule has 3 heteroatoms. The van der Waals surface area contributed by atoms with E-state index in [0.717, 1.165) is 30.8 Å². The molecule has 12 heavy (non-hydrogen) atoms. The Morgan fingerprint density at radius 3 is 2.67 bits per heavy atom. The van der Waals surface area contributed by atoms with Crippen LogP contribution in [-0.4, -0.2) is 24.5 Å². The molecule has 0 radical (unpaired) electrons. The summed E-state index contributed by atoms with van der Waals surface area (Å²) < 4.78 is 5.10. The quantitative estimate of drug-likeness (QED) is 0.557. The first-order valence-electron chi connectivity index (χ1n) is 4.18. The molecular weight excluding hydrogens is 154 g/mol. The van der Waals surface area contributed by atoms with Gasteiger partial charge in [-0.2, -0.15) is 0 Å². The SMILES string of the molecule is CO/C(C)=C1/CCCN1C(C)=O. The highest BCUT2D eigenvalue weighted by molar-refractivity contribution is 5.75. The number of methoxy groups -OCH3 is 1. The van der Waals surface area contributed by atoms with Crippen molar-refractivity contribution in [3.63, 3.8) is 0 Å². The zero-order valence-electron chi connectivity index (χ0n) is 7.89. The highest BCUT2D eigenvalue weighted by atomic mass is 16.5. The van der Waals surface area contributed by atoms with Crippen LogP contribution < -0.4 is 0 Å². The summed E-state index contributed by atoms with van der Waals surface area (Å²) in [6.07, 6.45) is 2.01. The first-order chi connectivity index (χ1) is 5.66. The molecule has 1 heterocycles. The highest BCUT2D eigenvalue weighted by Crippen LogP contribution is 2.24. The van der Waals surface area contributed by atoms with Gasteiger partial charge in [-0.1, -0.05) is 0 Å². The second kappa shape index (κ2) is 3.61. The van der Waals surface area contributed by atoms with Crippen molar-refractivity contribution in [1.29, 1.82) is 0 Å². The Morgan fingerprint density at radius 1 is 1.50 bits per heavy atom. The monoisotopic (exact) mass is 169 g/mol. The minimum atomic E-state index is 0.110. The molecule has 0 aromatic heterocycles. The van der Waals surface area contributed by atoms with E-state index in [1.54, 1.807) is 18.9 Å². The number of allylic oxidation sites excluding steroid dienone is 2. The molecule has 3 nitrogen and oxygen atoms in total. The maximum Gasteiger partial charge on any atom is 0.223 e. The van der Waals surface area contributed by atoms with E-state index in [2.05, 4.69) is 0 Å². The zero-order valence-corrected chi connectivity index (χ0v) is 7.89. The van der Waals surface area contributed by atoms with E-state index in [9.17, 15) is 4.79 Å². The molecule has 68 valence electrons. The van der Waals surface area contributed by atoms with Crippen LogP contribution in [0.1, 0.15) is 26.7 Å². The Balaban J connectivity index is 2.83. The summed E-state index contributed by atoms with van der Waals surface area (Å²) in [7, 11) is 1.64. The largest absolute Gasteiger partial charge is 0.500 e. The summed E-state index contributed by atoms with van der Waals surface area (Å²) in [5, 5.41) is 0. The maximum atomic E-state index is 11.1. The third kappa shape index (κ3) is 1.60. The molecule has 1 amide bonds. The maximum absolute atomic E-state index is 11.1. The summed E-state index contributed by atoms with van der Waals surface area (Å²) in [5.41, 5.74) is 1.05. The Bertz CT molecular complexity index is 221. The van der Waals surface area contributed by atoms with E-state index in [4.69, 9.17) is 4.74 Å². The standard InChI is InChI=1S/C9H15NO2/c1-7(12-3)9-5-4-6-10(9)8(2)11/h4-6H2,1-3H3/b9-7-. The first kappa shape index (κ1) is 9.10. The van der Waals surface area contributed by atoms with Gasteiger partial charge in [-0.25, -0.2) is 0 Å². The van der Waals surface area contributed by atoms with Crippen molar-refractivity contribution in [2.45, 2.75) is 26.7 Å². The summed E-state index contributed by atoms with van der Waals surface area (Å²) in [5.74, 6) is 0.974. The smallest absolute Gasteiger partial charge is 0.223 e. The van der Waals surface area contributed by atoms with Gasteiger partial charge in [0.1, 0.15) is 5.76 Å². The summed E-state index contributed by atoms with van der Waals surface area (Å²) in [6, 6.07) is 0. The van der Waals surface area contributed by atoms with Crippen molar-refractivity contribution in [3.05, 3.63) is 11.5 Å². The van der Waals surface area contributed by atoms with Crippen molar-refractivity contribution in [2.75, 3.05) is 13.7 Å². The molecule has 0 unspecified atom stereocenters. The number of ether oxygens (including phenoxy) is 1. The normalized spacial score (nSPS) is 21.1. The van der Waals surface area contributed by atoms with Gasteiger partial charge in [0.05, 0.1) is 12.8 Å². The number of hydrogen-bond donors (Lipinski definition) is 0. The van der Waals surface area contributed by atoms with Gasteiger partial charge in [0.15, 0.2) is 0 Å². The molecule has 1 aliphatic heterocycles. The molecule has 0 spiro atoms. The predicted molar refractivity (Wildman–Crippen MR) is 46.3 cm³/mol. The number of carbonyl (C=O) groups excluding carboxylic acids is 1. The van der Waals surface area contributed by atoms with Crippen molar-refractivity contribution in [2.24, 2.45) is 0 Å². The van der Waals surface area contributed by atoms with E-state index < -0.39 is 0 Å². The van der Waals surface area contributed by atoms with Crippen molar-refractivity contribution in [1.82, 2.24) is 4.90 Å². The topological polar surface area (TPSA) is 29.5 Å². The zero-order chi connectivity index (χ0) is 9.14. The number of rotatable bonds is 1. The molecular formula is C9H15NO2. The van der Waals surface area contributed by atoms with Crippen LogP contribution >= 0.6 is 0 Å². The van der Waals surface area contributed by atoms with E-state index in [1.165, 1.54) is 0 Å². The van der Waals surface area contributed by atoms with Crippen LogP contribution in [0.4, 0.5) is 0 Å². The van der Waals surface area contributed by atoms with E-state index in [-0.39, 0.29) is 5.91 Å². The number of likely N-dealkylation sites (tertiary alicyclic amines) is 1. The minimum absolute atomic E-state index is 0.110. The number of amides is 1. The van der Waals surface area contributed by atoms with E-state index in [0.29, 0.717) is 0 Å². The number of hydrogen-bond acceptors (Lipinski definition) is 2. The Kier molecular flexibility index (Phi) is 2.74. The third-order valence-corrected chi connectivity index (χ3v) is 2.21. The minimum Gasteiger partial charge on any atom is -0.500 e. The Hall–Kier alpha value is -0.990. The molecule has 0 aliphatic carbocycles. The molecule has 0 bridgehead atoms. The molecule has 0 aromatic rings. The second-order valence-corrected chi connectivity index (χ2v) is 2.98. The third-order valence-electron chi connectivity index (χ3n) is 2.21. The van der Waals surface area contributed by atoms with Gasteiger partial charge < -0.3 is 9.64 Å². The average Bonchev–Trinajstić information content (AvgIpc) is 2.50. The van der Waals surface area contributed by atoms with Gasteiger partial charge in [-0.15, -0.1) is 0 Å². The lowest BCUT2D eigenvalue weighted by Crippen LogP contribution is -2.24. The summed E-state index contributed by atoms with van der Waals surface area (Å²) in [4.78, 5) is 12.9. The van der Waals surface area contributed by atoms with Gasteiger partial charge in [-0.3, -0.25) is 4.79 Å². The molecule has 0 saturated carbocycles. The molecule has 1 fully saturated rings. The van der Waals surface area contributed by atoms with Gasteiger partial charge in [-0.05, 0) is 19.8 Å². The van der Waals surface area contributed by atoms with Crippen LogP contribution in [0.3, 0.4) is 0 Å². The molecule has 1 aliphatic rings. The van der Waals surface area contributed by atoms with Gasteiger partial charge >= 0.3 is 0 Å². The van der Waals surface area contributed by atoms with Crippen LogP contribution in [0.25, 0.3) is 0 Å². The fourth-order valence-electron chi connectivity index (χ4n) is 1.51. The van der Waals surface area contributed by atoms with Crippen LogP contribution in [0.2, 0.25) is 0 Å². The Labute approximate surface area is 73.0 Å². The molecule has 0 atom stereocenters. The highest BCUT2D eigenvalue weighted by Gasteiger charge is 2.22. The van der Waals surface area contributed by atoms with Crippen molar-refractivity contribution >= 4 is 5.91 Å². The predicted octanol–water partition coefficient (Wildman–Crippen LogP) is 1.51. The van der Waals surface area contributed by atoms with Crippen molar-refractivity contribution in [3.8, 4) is 0 Å². The molecule has 1 saturated heterocycles. The Morgan fingerprint density at radius 2 is 2.17 bits per heavy atom. The summed E-state index contributed by atoms with van der Waals surface area (Å²) in [6.45, 7) is 4.33. The van der Waals surface area contributed by atoms with Crippen LogP contribution in [-0.2, 0) is 9.53 Å². The molecule has 1 rings (SSSR count). The van der Waals surface area contributed by atoms with E-state index in [1.807, 2.05) is 6.92 Å². The van der Waals surface area contributed by atoms with Gasteiger partial charge in [0.2, 0.25) is 5.91 Å². The van der Waals surface area contributed by atoms with Gasteiger partial charge in [0.25, 0.3) is 0 Å². The lowest BCUT2D eigenvalue weighted by atomic mass is 10.3. The van der Waals surface area contributed by atoms with Crippen LogP contribution in [0.5, 0.6) is 0 Å². The fraction of sp³-hybridized carbons (Fsp3) is 0.667. The number of nitrogens with zero attached hydrogens (tertiary/aromatic N) is 1. The average molecular weight is 169 g/mol. The summed E-state index contributed by atoms with van der Waals surface area (Å²) >= 11 is 0. The second-order valence-electron chi connectivity index (χ2n) is 2.98. The van der Waals surface area contributed by atoms with Crippen molar-refractivity contribution < 1.29 is 9.53 Å².